The molecule has 0 amide bonds. The predicted molar refractivity (Wildman–Crippen MR) is 128 cm³/mol. The monoisotopic (exact) mass is 426 g/mol. The van der Waals surface area contributed by atoms with Gasteiger partial charge in [-0.2, -0.15) is 0 Å². The Morgan fingerprint density at radius 1 is 0.500 bits per heavy atom. The third-order valence-electron chi connectivity index (χ3n) is 5.58. The number of hydrogen-bond donors (Lipinski definition) is 4. The third kappa shape index (κ3) is 3.41. The van der Waals surface area contributed by atoms with Gasteiger partial charge in [0, 0.05) is 45.8 Å². The van der Waals surface area contributed by atoms with E-state index in [-0.39, 0.29) is 11.5 Å². The molecular weight excluding hydrogens is 404 g/mol. The summed E-state index contributed by atoms with van der Waals surface area (Å²) in [4.78, 5) is 6.51. The molecule has 0 spiro atoms. The van der Waals surface area contributed by atoms with Crippen molar-refractivity contribution in [3.8, 4) is 23.0 Å². The molecule has 0 aliphatic rings. The fourth-order valence-corrected chi connectivity index (χ4v) is 4.01. The molecule has 0 saturated carbocycles. The molecule has 0 unspecified atom stereocenters. The molecule has 0 saturated heterocycles. The van der Waals surface area contributed by atoms with E-state index in [0.717, 1.165) is 44.3 Å². The van der Waals surface area contributed by atoms with Gasteiger partial charge in [0.05, 0.1) is 36.3 Å². The van der Waals surface area contributed by atoms with Gasteiger partial charge in [-0.25, -0.2) is 0 Å². The van der Waals surface area contributed by atoms with E-state index in [0.29, 0.717) is 0 Å². The molecule has 0 bridgehead atoms. The van der Waals surface area contributed by atoms with Crippen molar-refractivity contribution in [3.05, 3.63) is 72.8 Å². The maximum Gasteiger partial charge on any atom is 0.120 e. The molecule has 0 fully saturated rings. The lowest BCUT2D eigenvalue weighted by Gasteiger charge is -1.99. The number of hydrogen-bond acceptors (Lipinski definition) is 4. The molecule has 6 heteroatoms. The average molecular weight is 426 g/mol. The first kappa shape index (κ1) is 19.6. The molecule has 160 valence electrons. The number of nitrogens with one attached hydrogen (secondary N) is 2. The third-order valence-corrected chi connectivity index (χ3v) is 5.58. The average Bonchev–Trinajstić information content (AvgIpc) is 3.34. The van der Waals surface area contributed by atoms with Crippen molar-refractivity contribution in [1.82, 2.24) is 9.97 Å². The molecule has 6 rings (SSSR count). The van der Waals surface area contributed by atoms with E-state index in [2.05, 4.69) is 22.1 Å². The number of phenolic OH excluding ortho intramolecular Hbond substituents is 2. The summed E-state index contributed by atoms with van der Waals surface area (Å²) < 4.78 is 10.4. The minimum Gasteiger partial charge on any atom is -0.508 e. The number of rotatable bonds is 2. The van der Waals surface area contributed by atoms with Crippen LogP contribution in [0.4, 0.5) is 0 Å². The van der Waals surface area contributed by atoms with E-state index < -0.39 is 0 Å². The topological polar surface area (TPSA) is 90.5 Å². The minimum atomic E-state index is 0.235. The Balaban J connectivity index is 0.000000136. The number of fused-ring (bicyclic) bond motifs is 6. The number of aromatic nitrogens is 2. The van der Waals surface area contributed by atoms with Crippen LogP contribution in [0.3, 0.4) is 0 Å². The van der Waals surface area contributed by atoms with Crippen molar-refractivity contribution < 1.29 is 19.7 Å². The van der Waals surface area contributed by atoms with Gasteiger partial charge >= 0.3 is 0 Å². The molecule has 0 radical (unpaired) electrons. The number of methoxy groups -OCH3 is 2. The number of aromatic amines is 2. The fourth-order valence-electron chi connectivity index (χ4n) is 4.01. The predicted octanol–water partition coefficient (Wildman–Crippen LogP) is 6.07. The van der Waals surface area contributed by atoms with E-state index in [9.17, 15) is 10.2 Å². The highest BCUT2D eigenvalue weighted by molar-refractivity contribution is 6.08. The Morgan fingerprint density at radius 2 is 0.844 bits per heavy atom. The minimum absolute atomic E-state index is 0.235. The summed E-state index contributed by atoms with van der Waals surface area (Å²) in [5, 5.41) is 23.2. The number of aromatic hydroxyl groups is 2. The van der Waals surface area contributed by atoms with Crippen LogP contribution in [0.2, 0.25) is 0 Å². The van der Waals surface area contributed by atoms with Gasteiger partial charge in [-0.15, -0.1) is 0 Å². The van der Waals surface area contributed by atoms with E-state index in [1.54, 1.807) is 38.5 Å². The molecule has 4 N–H and O–H groups in total. The Morgan fingerprint density at radius 3 is 1.22 bits per heavy atom. The van der Waals surface area contributed by atoms with Crippen LogP contribution in [-0.4, -0.2) is 34.4 Å². The van der Waals surface area contributed by atoms with Crippen LogP contribution >= 0.6 is 0 Å². The standard InChI is InChI=1S/C14H13NO2.C12H9NO2/c1-16-9-3-5-11-12-6-4-10(17-2)8-14(12)15-13(11)7-9;14-7-1-3-9-10-4-2-8(15)6-12(10)13-11(9)5-7/h3-8,15H,1-2H3;1-6,13-15H. The van der Waals surface area contributed by atoms with Gasteiger partial charge in [-0.1, -0.05) is 0 Å². The van der Waals surface area contributed by atoms with E-state index in [1.165, 1.54) is 10.8 Å². The van der Waals surface area contributed by atoms with Gasteiger partial charge in [0.2, 0.25) is 0 Å². The molecule has 0 atom stereocenters. The first-order valence-electron chi connectivity index (χ1n) is 10.1. The Hall–Kier alpha value is -4.32. The molecule has 2 heterocycles. The van der Waals surface area contributed by atoms with Crippen molar-refractivity contribution in [1.29, 1.82) is 0 Å². The molecule has 32 heavy (non-hydrogen) atoms. The largest absolute Gasteiger partial charge is 0.508 e. The van der Waals surface area contributed by atoms with Gasteiger partial charge in [0.1, 0.15) is 23.0 Å². The van der Waals surface area contributed by atoms with Crippen molar-refractivity contribution in [2.24, 2.45) is 0 Å². The molecule has 0 aliphatic heterocycles. The zero-order chi connectivity index (χ0) is 22.2. The molecule has 2 aromatic heterocycles. The fraction of sp³-hybridized carbons (Fsp3) is 0.0769. The Kier molecular flexibility index (Phi) is 4.75. The number of ether oxygens (including phenoxy) is 2. The van der Waals surface area contributed by atoms with E-state index >= 15 is 0 Å². The summed E-state index contributed by atoms with van der Waals surface area (Å²) in [5.74, 6) is 2.18. The van der Waals surface area contributed by atoms with E-state index in [1.807, 2.05) is 36.4 Å². The number of phenols is 2. The summed E-state index contributed by atoms with van der Waals surface area (Å²) in [7, 11) is 3.35. The summed E-state index contributed by atoms with van der Waals surface area (Å²) in [6, 6.07) is 22.5. The summed E-state index contributed by atoms with van der Waals surface area (Å²) in [6.45, 7) is 0. The number of benzene rings is 4. The molecule has 4 aromatic carbocycles. The van der Waals surface area contributed by atoms with Crippen LogP contribution in [0.15, 0.2) is 72.8 Å². The Bertz CT molecular complexity index is 1470. The molecular formula is C26H22N2O4. The maximum atomic E-state index is 9.34. The lowest BCUT2D eigenvalue weighted by Crippen LogP contribution is -1.80. The summed E-state index contributed by atoms with van der Waals surface area (Å²) >= 11 is 0. The van der Waals surface area contributed by atoms with Gasteiger partial charge in [-0.05, 0) is 48.5 Å². The lowest BCUT2D eigenvalue weighted by atomic mass is 10.1. The van der Waals surface area contributed by atoms with Crippen molar-refractivity contribution in [2.75, 3.05) is 14.2 Å². The molecule has 6 nitrogen and oxygen atoms in total. The highest BCUT2D eigenvalue weighted by Crippen LogP contribution is 2.31. The highest BCUT2D eigenvalue weighted by Gasteiger charge is 2.06. The first-order chi connectivity index (χ1) is 15.6. The molecule has 6 aromatic rings. The maximum absolute atomic E-state index is 9.34. The van der Waals surface area contributed by atoms with E-state index in [4.69, 9.17) is 9.47 Å². The number of H-pyrrole nitrogens is 2. The van der Waals surface area contributed by atoms with Crippen LogP contribution in [0.25, 0.3) is 43.6 Å². The smallest absolute Gasteiger partial charge is 0.120 e. The normalized spacial score (nSPS) is 11.1. The quantitative estimate of drug-likeness (QED) is 0.270. The van der Waals surface area contributed by atoms with Crippen molar-refractivity contribution >= 4 is 43.6 Å². The second kappa shape index (κ2) is 7.74. The Labute approximate surface area is 183 Å². The van der Waals surface area contributed by atoms with Crippen LogP contribution in [0.1, 0.15) is 0 Å². The lowest BCUT2D eigenvalue weighted by molar-refractivity contribution is 0.415. The highest BCUT2D eigenvalue weighted by atomic mass is 16.5. The van der Waals surface area contributed by atoms with Crippen molar-refractivity contribution in [2.45, 2.75) is 0 Å². The SMILES string of the molecule is COc1ccc2c(c1)[nH]c1cc(OC)ccc12.Oc1ccc2c(c1)[nH]c1cc(O)ccc12. The first-order valence-corrected chi connectivity index (χ1v) is 10.1. The van der Waals surface area contributed by atoms with Gasteiger partial charge in [0.15, 0.2) is 0 Å². The zero-order valence-corrected chi connectivity index (χ0v) is 17.6. The van der Waals surface area contributed by atoms with Crippen LogP contribution < -0.4 is 9.47 Å². The zero-order valence-electron chi connectivity index (χ0n) is 17.6. The van der Waals surface area contributed by atoms with Gasteiger partial charge < -0.3 is 29.7 Å². The molecule has 0 aliphatic carbocycles. The van der Waals surface area contributed by atoms with Crippen LogP contribution in [0, 0.1) is 0 Å². The van der Waals surface area contributed by atoms with Crippen LogP contribution in [0.5, 0.6) is 23.0 Å². The summed E-state index contributed by atoms with van der Waals surface area (Å²) in [6.07, 6.45) is 0. The van der Waals surface area contributed by atoms with Crippen molar-refractivity contribution in [3.63, 3.8) is 0 Å². The van der Waals surface area contributed by atoms with Gasteiger partial charge in [-0.3, -0.25) is 0 Å². The van der Waals surface area contributed by atoms with Crippen LogP contribution in [-0.2, 0) is 0 Å². The van der Waals surface area contributed by atoms with Gasteiger partial charge in [0.25, 0.3) is 0 Å². The summed E-state index contributed by atoms with van der Waals surface area (Å²) in [5.41, 5.74) is 3.89. The second-order valence-electron chi connectivity index (χ2n) is 7.53. The second-order valence-corrected chi connectivity index (χ2v) is 7.53.